The molecular weight excluding hydrogens is 289 g/mol. The Bertz CT molecular complexity index is 804. The molecule has 0 saturated heterocycles. The van der Waals surface area contributed by atoms with Crippen LogP contribution in [0.2, 0.25) is 0 Å². The highest BCUT2D eigenvalue weighted by molar-refractivity contribution is 7.92. The lowest BCUT2D eigenvalue weighted by Crippen LogP contribution is -2.24. The molecule has 1 N–H and O–H groups in total. The Morgan fingerprint density at radius 2 is 1.79 bits per heavy atom. The van der Waals surface area contributed by atoms with Crippen LogP contribution in [0.1, 0.15) is 0 Å². The van der Waals surface area contributed by atoms with Gasteiger partial charge in [0.05, 0.1) is 4.90 Å². The number of benzene rings is 1. The molecule has 0 aliphatic heterocycles. The van der Waals surface area contributed by atoms with Crippen molar-refractivity contribution < 1.29 is 31.1 Å². The fourth-order valence-electron chi connectivity index (χ4n) is 1.47. The third-order valence-electron chi connectivity index (χ3n) is 2.28. The summed E-state index contributed by atoms with van der Waals surface area (Å²) in [6.45, 7) is 0. The summed E-state index contributed by atoms with van der Waals surface area (Å²) < 4.78 is 64.7. The van der Waals surface area contributed by atoms with E-state index in [0.717, 1.165) is 18.2 Å². The van der Waals surface area contributed by atoms with Crippen molar-refractivity contribution in [1.29, 1.82) is 0 Å². The Hall–Kier alpha value is -2.03. The summed E-state index contributed by atoms with van der Waals surface area (Å²) in [5.74, 6) is -0.378. The largest absolute Gasteiger partial charge is 0.508 e. The Balaban J connectivity index is 2.93. The smallest absolute Gasteiger partial charge is 0.501 e. The second kappa shape index (κ2) is 3.98. The van der Waals surface area contributed by atoms with Crippen LogP contribution >= 0.6 is 0 Å². The maximum atomic E-state index is 12.5. The highest BCUT2D eigenvalue weighted by Gasteiger charge is 2.48. The van der Waals surface area contributed by atoms with E-state index in [4.69, 9.17) is 5.11 Å². The number of fused-ring (bicyclic) bond motifs is 1. The standard InChI is InChI=1S/C10H5F3O5S/c11-10(12,13)19(16,17)8-4-9(15)18-7-3-5(14)1-2-6(7)8/h1-4,14H. The van der Waals surface area contributed by atoms with E-state index < -0.39 is 36.8 Å². The van der Waals surface area contributed by atoms with Gasteiger partial charge in [-0.25, -0.2) is 13.2 Å². The van der Waals surface area contributed by atoms with Crippen LogP contribution in [0.25, 0.3) is 11.0 Å². The second-order valence-electron chi connectivity index (χ2n) is 3.56. The fourth-order valence-corrected chi connectivity index (χ4v) is 2.43. The van der Waals surface area contributed by atoms with E-state index in [0.29, 0.717) is 0 Å². The van der Waals surface area contributed by atoms with Gasteiger partial charge in [-0.3, -0.25) is 0 Å². The number of phenols is 1. The van der Waals surface area contributed by atoms with E-state index in [1.165, 1.54) is 0 Å². The van der Waals surface area contributed by atoms with Gasteiger partial charge in [0, 0.05) is 17.5 Å². The van der Waals surface area contributed by atoms with Gasteiger partial charge in [0.2, 0.25) is 0 Å². The van der Waals surface area contributed by atoms with Gasteiger partial charge in [-0.2, -0.15) is 13.2 Å². The van der Waals surface area contributed by atoms with Crippen molar-refractivity contribution in [3.8, 4) is 5.75 Å². The molecule has 1 aromatic carbocycles. The molecule has 2 aromatic rings. The number of rotatable bonds is 1. The van der Waals surface area contributed by atoms with Crippen LogP contribution in [0, 0.1) is 0 Å². The van der Waals surface area contributed by atoms with Crippen LogP contribution in [0.4, 0.5) is 13.2 Å². The van der Waals surface area contributed by atoms with Crippen LogP contribution in [0.5, 0.6) is 5.75 Å². The molecule has 5 nitrogen and oxygen atoms in total. The first-order valence-corrected chi connectivity index (χ1v) is 6.19. The van der Waals surface area contributed by atoms with E-state index in [1.807, 2.05) is 0 Å². The van der Waals surface area contributed by atoms with Gasteiger partial charge in [-0.1, -0.05) is 0 Å². The highest BCUT2D eigenvalue weighted by Crippen LogP contribution is 2.34. The maximum absolute atomic E-state index is 12.5. The van der Waals surface area contributed by atoms with Gasteiger partial charge >= 0.3 is 11.1 Å². The summed E-state index contributed by atoms with van der Waals surface area (Å²) in [6, 6.07) is 3.01. The third-order valence-corrected chi connectivity index (χ3v) is 3.81. The Labute approximate surface area is 103 Å². The van der Waals surface area contributed by atoms with Gasteiger partial charge < -0.3 is 9.52 Å². The van der Waals surface area contributed by atoms with Crippen LogP contribution in [-0.4, -0.2) is 19.0 Å². The zero-order valence-electron chi connectivity index (χ0n) is 8.93. The zero-order chi connectivity index (χ0) is 14.4. The summed E-state index contributed by atoms with van der Waals surface area (Å²) in [5, 5.41) is 8.71. The van der Waals surface area contributed by atoms with E-state index in [-0.39, 0.29) is 11.8 Å². The van der Waals surface area contributed by atoms with Gasteiger partial charge in [-0.05, 0) is 12.1 Å². The number of halogens is 3. The average Bonchev–Trinajstić information content (AvgIpc) is 2.25. The highest BCUT2D eigenvalue weighted by atomic mass is 32.2. The maximum Gasteiger partial charge on any atom is 0.501 e. The van der Waals surface area contributed by atoms with Crippen molar-refractivity contribution in [2.24, 2.45) is 0 Å². The minimum atomic E-state index is -5.68. The van der Waals surface area contributed by atoms with Crippen LogP contribution < -0.4 is 5.63 Å². The number of sulfone groups is 1. The first-order valence-electron chi connectivity index (χ1n) is 4.71. The van der Waals surface area contributed by atoms with Crippen molar-refractivity contribution in [1.82, 2.24) is 0 Å². The molecule has 9 heteroatoms. The van der Waals surface area contributed by atoms with Crippen LogP contribution in [0.15, 0.2) is 38.4 Å². The number of hydrogen-bond acceptors (Lipinski definition) is 5. The monoisotopic (exact) mass is 294 g/mol. The topological polar surface area (TPSA) is 84.6 Å². The molecule has 0 aliphatic rings. The summed E-state index contributed by atoms with van der Waals surface area (Å²) in [7, 11) is -5.68. The first kappa shape index (κ1) is 13.4. The van der Waals surface area contributed by atoms with E-state index >= 15 is 0 Å². The van der Waals surface area contributed by atoms with Crippen molar-refractivity contribution >= 4 is 20.8 Å². The normalized spacial score (nSPS) is 12.8. The quantitative estimate of drug-likeness (QED) is 0.810. The lowest BCUT2D eigenvalue weighted by molar-refractivity contribution is -0.0435. The van der Waals surface area contributed by atoms with Crippen molar-refractivity contribution in [3.05, 3.63) is 34.7 Å². The lowest BCUT2D eigenvalue weighted by atomic mass is 10.2. The van der Waals surface area contributed by atoms with Gasteiger partial charge in [0.25, 0.3) is 9.84 Å². The van der Waals surface area contributed by atoms with Gasteiger partial charge in [-0.15, -0.1) is 0 Å². The SMILES string of the molecule is O=c1cc(S(=O)(=O)C(F)(F)F)c2ccc(O)cc2o1. The fraction of sp³-hybridized carbons (Fsp3) is 0.100. The average molecular weight is 294 g/mol. The Kier molecular flexibility index (Phi) is 2.81. The number of aromatic hydroxyl groups is 1. The molecule has 0 saturated carbocycles. The minimum absolute atomic E-state index is 0.252. The number of hydrogen-bond donors (Lipinski definition) is 1. The predicted molar refractivity (Wildman–Crippen MR) is 57.4 cm³/mol. The molecule has 0 bridgehead atoms. The molecule has 0 amide bonds. The van der Waals surface area contributed by atoms with Crippen LogP contribution in [-0.2, 0) is 9.84 Å². The third kappa shape index (κ3) is 2.16. The number of alkyl halides is 3. The molecule has 0 spiro atoms. The molecule has 0 atom stereocenters. The molecule has 0 fully saturated rings. The van der Waals surface area contributed by atoms with Crippen molar-refractivity contribution in [3.63, 3.8) is 0 Å². The van der Waals surface area contributed by atoms with E-state index in [2.05, 4.69) is 4.42 Å². The molecule has 102 valence electrons. The van der Waals surface area contributed by atoms with E-state index in [9.17, 15) is 26.4 Å². The second-order valence-corrected chi connectivity index (χ2v) is 5.47. The molecule has 0 unspecified atom stereocenters. The summed E-state index contributed by atoms with van der Waals surface area (Å²) in [6.07, 6.45) is 0. The predicted octanol–water partition coefficient (Wildman–Crippen LogP) is 1.79. The molecule has 19 heavy (non-hydrogen) atoms. The first-order chi connectivity index (χ1) is 8.63. The summed E-state index contributed by atoms with van der Waals surface area (Å²) in [5.41, 5.74) is -7.25. The molecule has 2 rings (SSSR count). The zero-order valence-corrected chi connectivity index (χ0v) is 9.75. The Morgan fingerprint density at radius 1 is 1.16 bits per heavy atom. The summed E-state index contributed by atoms with van der Waals surface area (Å²) >= 11 is 0. The van der Waals surface area contributed by atoms with E-state index in [1.54, 1.807) is 0 Å². The minimum Gasteiger partial charge on any atom is -0.508 e. The lowest BCUT2D eigenvalue weighted by Gasteiger charge is -2.09. The molecule has 1 heterocycles. The molecular formula is C10H5F3O5S. The number of phenolic OH excluding ortho intramolecular Hbond substituents is 1. The molecule has 0 aliphatic carbocycles. The van der Waals surface area contributed by atoms with Gasteiger partial charge in [0.1, 0.15) is 11.3 Å². The van der Waals surface area contributed by atoms with Crippen molar-refractivity contribution in [2.45, 2.75) is 10.4 Å². The van der Waals surface area contributed by atoms with Crippen molar-refractivity contribution in [2.75, 3.05) is 0 Å². The molecule has 1 aromatic heterocycles. The van der Waals surface area contributed by atoms with Crippen LogP contribution in [0.3, 0.4) is 0 Å². The molecule has 0 radical (unpaired) electrons. The summed E-state index contributed by atoms with van der Waals surface area (Å²) in [4.78, 5) is 9.91. The Morgan fingerprint density at radius 3 is 2.37 bits per heavy atom. The van der Waals surface area contributed by atoms with Gasteiger partial charge in [0.15, 0.2) is 0 Å².